The molecule has 1 aliphatic rings. The van der Waals surface area contributed by atoms with Gasteiger partial charge in [0.2, 0.25) is 0 Å². The summed E-state index contributed by atoms with van der Waals surface area (Å²) in [7, 11) is 1.77. The van der Waals surface area contributed by atoms with E-state index >= 15 is 0 Å². The van der Waals surface area contributed by atoms with Crippen LogP contribution in [0.2, 0.25) is 0 Å². The molecule has 3 heteroatoms. The van der Waals surface area contributed by atoms with Gasteiger partial charge in [-0.1, -0.05) is 13.8 Å². The van der Waals surface area contributed by atoms with E-state index in [1.165, 1.54) is 0 Å². The summed E-state index contributed by atoms with van der Waals surface area (Å²) < 4.78 is 11.5. The fourth-order valence-corrected chi connectivity index (χ4v) is 1.97. The first-order valence-corrected chi connectivity index (χ1v) is 5.98. The molecule has 0 aliphatic heterocycles. The molecule has 0 heterocycles. The summed E-state index contributed by atoms with van der Waals surface area (Å²) in [6.45, 7) is 9.55. The van der Waals surface area contributed by atoms with Crippen LogP contribution in [0.15, 0.2) is 0 Å². The maximum Gasteiger partial charge on any atom is 0.0987 e. The van der Waals surface area contributed by atoms with Crippen LogP contribution in [-0.4, -0.2) is 37.5 Å². The molecule has 0 spiro atoms. The predicted octanol–water partition coefficient (Wildman–Crippen LogP) is 1.96. The summed E-state index contributed by atoms with van der Waals surface area (Å²) in [4.78, 5) is 0. The van der Waals surface area contributed by atoms with Crippen LogP contribution in [0.3, 0.4) is 0 Å². The van der Waals surface area contributed by atoms with Gasteiger partial charge in [0.05, 0.1) is 17.8 Å². The summed E-state index contributed by atoms with van der Waals surface area (Å²) in [6, 6.07) is 0.470. The van der Waals surface area contributed by atoms with Crippen molar-refractivity contribution < 1.29 is 9.47 Å². The van der Waals surface area contributed by atoms with Crippen LogP contribution in [0.1, 0.15) is 40.5 Å². The Labute approximate surface area is 93.5 Å². The molecule has 0 bridgehead atoms. The molecule has 15 heavy (non-hydrogen) atoms. The van der Waals surface area contributed by atoms with E-state index in [0.29, 0.717) is 6.04 Å². The van der Waals surface area contributed by atoms with E-state index in [2.05, 4.69) is 33.0 Å². The molecule has 0 saturated heterocycles. The number of nitrogens with one attached hydrogen (secondary N) is 1. The maximum atomic E-state index is 6.04. The summed E-state index contributed by atoms with van der Waals surface area (Å²) in [5.41, 5.74) is -0.0291. The third-order valence-corrected chi connectivity index (χ3v) is 3.31. The van der Waals surface area contributed by atoms with Gasteiger partial charge in [0.15, 0.2) is 0 Å². The number of hydrogen-bond acceptors (Lipinski definition) is 3. The van der Waals surface area contributed by atoms with Crippen molar-refractivity contribution in [2.45, 2.75) is 64.4 Å². The molecule has 0 aromatic heterocycles. The molecule has 3 unspecified atom stereocenters. The van der Waals surface area contributed by atoms with E-state index in [1.54, 1.807) is 7.11 Å². The lowest BCUT2D eigenvalue weighted by molar-refractivity contribution is -0.184. The molecule has 1 fully saturated rings. The highest BCUT2D eigenvalue weighted by molar-refractivity contribution is 4.98. The topological polar surface area (TPSA) is 30.5 Å². The number of rotatable bonds is 6. The van der Waals surface area contributed by atoms with E-state index in [1.807, 2.05) is 0 Å². The fourth-order valence-electron chi connectivity index (χ4n) is 1.97. The molecular weight excluding hydrogens is 190 g/mol. The first kappa shape index (κ1) is 12.9. The van der Waals surface area contributed by atoms with Crippen LogP contribution in [0.25, 0.3) is 0 Å². The van der Waals surface area contributed by atoms with Crippen molar-refractivity contribution in [1.29, 1.82) is 0 Å². The van der Waals surface area contributed by atoms with Gasteiger partial charge in [0.25, 0.3) is 0 Å². The normalized spacial score (nSPS) is 31.4. The Kier molecular flexibility index (Phi) is 4.56. The van der Waals surface area contributed by atoms with Gasteiger partial charge in [0.1, 0.15) is 0 Å². The molecule has 1 N–H and O–H groups in total. The Bertz CT molecular complexity index is 194. The average Bonchev–Trinajstić information content (AvgIpc) is 2.16. The van der Waals surface area contributed by atoms with Crippen LogP contribution in [0, 0.1) is 0 Å². The van der Waals surface area contributed by atoms with Crippen molar-refractivity contribution >= 4 is 0 Å². The molecule has 0 radical (unpaired) electrons. The number of methoxy groups -OCH3 is 1. The number of ether oxygens (including phenoxy) is 2. The van der Waals surface area contributed by atoms with E-state index in [-0.39, 0.29) is 17.8 Å². The van der Waals surface area contributed by atoms with Gasteiger partial charge >= 0.3 is 0 Å². The highest BCUT2D eigenvalue weighted by atomic mass is 16.6. The largest absolute Gasteiger partial charge is 0.377 e. The zero-order chi connectivity index (χ0) is 11.5. The van der Waals surface area contributed by atoms with E-state index in [4.69, 9.17) is 9.47 Å². The summed E-state index contributed by atoms with van der Waals surface area (Å²) in [6.07, 6.45) is 2.58. The Balaban J connectivity index is 2.40. The Morgan fingerprint density at radius 2 is 2.00 bits per heavy atom. The van der Waals surface area contributed by atoms with Crippen LogP contribution < -0.4 is 5.32 Å². The summed E-state index contributed by atoms with van der Waals surface area (Å²) >= 11 is 0. The highest BCUT2D eigenvalue weighted by Crippen LogP contribution is 2.31. The second kappa shape index (κ2) is 5.28. The van der Waals surface area contributed by atoms with Crippen molar-refractivity contribution in [3.63, 3.8) is 0 Å². The second-order valence-corrected chi connectivity index (χ2v) is 4.87. The molecular formula is C12H25NO2. The van der Waals surface area contributed by atoms with Crippen LogP contribution in [-0.2, 0) is 9.47 Å². The molecule has 0 aromatic carbocycles. The summed E-state index contributed by atoms with van der Waals surface area (Å²) in [5, 5.41) is 3.41. The monoisotopic (exact) mass is 215 g/mol. The van der Waals surface area contributed by atoms with Crippen molar-refractivity contribution in [2.75, 3.05) is 13.7 Å². The molecule has 1 saturated carbocycles. The van der Waals surface area contributed by atoms with Gasteiger partial charge in [-0.2, -0.15) is 0 Å². The van der Waals surface area contributed by atoms with E-state index < -0.39 is 0 Å². The van der Waals surface area contributed by atoms with Crippen LogP contribution in [0.5, 0.6) is 0 Å². The van der Waals surface area contributed by atoms with Crippen molar-refractivity contribution in [1.82, 2.24) is 5.32 Å². The minimum atomic E-state index is -0.0291. The number of hydrogen-bond donors (Lipinski definition) is 1. The standard InChI is InChI=1S/C12H25NO2/c1-6-12(3,4)15-10-8-9(13-7-2)11(10)14-5/h9-11,13H,6-8H2,1-5H3. The molecule has 0 amide bonds. The van der Waals surface area contributed by atoms with Crippen molar-refractivity contribution in [3.05, 3.63) is 0 Å². The molecule has 3 atom stereocenters. The van der Waals surface area contributed by atoms with Crippen molar-refractivity contribution in [3.8, 4) is 0 Å². The second-order valence-electron chi connectivity index (χ2n) is 4.87. The Morgan fingerprint density at radius 1 is 1.33 bits per heavy atom. The molecule has 0 aromatic rings. The molecule has 90 valence electrons. The Morgan fingerprint density at radius 3 is 2.47 bits per heavy atom. The van der Waals surface area contributed by atoms with E-state index in [0.717, 1.165) is 19.4 Å². The molecule has 3 nitrogen and oxygen atoms in total. The third kappa shape index (κ3) is 3.16. The highest BCUT2D eigenvalue weighted by Gasteiger charge is 2.43. The SMILES string of the molecule is CCNC1CC(OC(C)(C)CC)C1OC. The maximum absolute atomic E-state index is 6.04. The number of likely N-dealkylation sites (N-methyl/N-ethyl adjacent to an activating group) is 1. The van der Waals surface area contributed by atoms with Gasteiger partial charge in [-0.05, 0) is 33.2 Å². The summed E-state index contributed by atoms with van der Waals surface area (Å²) in [5.74, 6) is 0. The first-order chi connectivity index (χ1) is 7.04. The van der Waals surface area contributed by atoms with Gasteiger partial charge in [-0.15, -0.1) is 0 Å². The zero-order valence-electron chi connectivity index (χ0n) is 10.7. The van der Waals surface area contributed by atoms with Gasteiger partial charge in [-0.25, -0.2) is 0 Å². The van der Waals surface area contributed by atoms with Crippen LogP contribution >= 0.6 is 0 Å². The molecule has 1 aliphatic carbocycles. The van der Waals surface area contributed by atoms with Crippen molar-refractivity contribution in [2.24, 2.45) is 0 Å². The van der Waals surface area contributed by atoms with Gasteiger partial charge in [0, 0.05) is 13.2 Å². The minimum absolute atomic E-state index is 0.0291. The lowest BCUT2D eigenvalue weighted by Crippen LogP contribution is -2.61. The first-order valence-electron chi connectivity index (χ1n) is 5.98. The molecule has 1 rings (SSSR count). The Hall–Kier alpha value is -0.120. The smallest absolute Gasteiger partial charge is 0.0987 e. The fraction of sp³-hybridized carbons (Fsp3) is 1.00. The predicted molar refractivity (Wildman–Crippen MR) is 62.1 cm³/mol. The lowest BCUT2D eigenvalue weighted by atomic mass is 9.84. The van der Waals surface area contributed by atoms with E-state index in [9.17, 15) is 0 Å². The van der Waals surface area contributed by atoms with Crippen LogP contribution in [0.4, 0.5) is 0 Å². The third-order valence-electron chi connectivity index (χ3n) is 3.31. The van der Waals surface area contributed by atoms with Gasteiger partial charge in [-0.3, -0.25) is 0 Å². The minimum Gasteiger partial charge on any atom is -0.377 e. The average molecular weight is 215 g/mol. The zero-order valence-corrected chi connectivity index (χ0v) is 10.7. The van der Waals surface area contributed by atoms with Gasteiger partial charge < -0.3 is 14.8 Å². The lowest BCUT2D eigenvalue weighted by Gasteiger charge is -2.46. The quantitative estimate of drug-likeness (QED) is 0.734.